The van der Waals surface area contributed by atoms with E-state index in [1.54, 1.807) is 0 Å². The van der Waals surface area contributed by atoms with Gasteiger partial charge in [0.15, 0.2) is 0 Å². The lowest BCUT2D eigenvalue weighted by atomic mass is 9.87. The van der Waals surface area contributed by atoms with Crippen LogP contribution in [0.3, 0.4) is 0 Å². The number of carbonyl (C=O) groups is 1. The number of fused-ring (bicyclic) bond motifs is 1. The number of alkyl halides is 3. The summed E-state index contributed by atoms with van der Waals surface area (Å²) in [7, 11) is 0. The van der Waals surface area contributed by atoms with Gasteiger partial charge in [-0.2, -0.15) is 13.2 Å². The van der Waals surface area contributed by atoms with Gasteiger partial charge in [-0.1, -0.05) is 38.6 Å². The van der Waals surface area contributed by atoms with Gasteiger partial charge < -0.3 is 5.32 Å². The summed E-state index contributed by atoms with van der Waals surface area (Å²) < 4.78 is 36.7. The van der Waals surface area contributed by atoms with Gasteiger partial charge in [0.2, 0.25) is 0 Å². The molecule has 0 amide bonds. The highest BCUT2D eigenvalue weighted by molar-refractivity contribution is 8.03. The van der Waals surface area contributed by atoms with Gasteiger partial charge in [-0.05, 0) is 23.1 Å². The fourth-order valence-corrected chi connectivity index (χ4v) is 2.70. The Bertz CT molecular complexity index is 585. The maximum absolute atomic E-state index is 12.2. The van der Waals surface area contributed by atoms with Gasteiger partial charge in [-0.15, -0.1) is 0 Å². The Morgan fingerprint density at radius 1 is 1.25 bits per heavy atom. The zero-order chi connectivity index (χ0) is 15.1. The van der Waals surface area contributed by atoms with Crippen LogP contribution in [0.25, 0.3) is 0 Å². The number of nitrogens with one attached hydrogen (secondary N) is 1. The van der Waals surface area contributed by atoms with Crippen molar-refractivity contribution in [3.8, 4) is 0 Å². The predicted molar refractivity (Wildman–Crippen MR) is 73.8 cm³/mol. The van der Waals surface area contributed by atoms with Crippen LogP contribution in [0, 0.1) is 0 Å². The molecule has 20 heavy (non-hydrogen) atoms. The number of hydrogen-bond donors (Lipinski definition) is 1. The normalized spacial score (nSPS) is 17.0. The highest BCUT2D eigenvalue weighted by Gasteiger charge is 2.37. The van der Waals surface area contributed by atoms with Gasteiger partial charge in [0.25, 0.3) is 5.78 Å². The standard InChI is InChI=1S/C14H14F3NOS/c1-13(2,3)8-4-5-9-10(6-8)20-12(18-9)7-11(19)14(15,16)17/h4-7,18H,1-3H3/b12-7+. The van der Waals surface area contributed by atoms with Crippen molar-refractivity contribution in [3.05, 3.63) is 34.9 Å². The molecule has 0 unspecified atom stereocenters. The number of ketones is 1. The third kappa shape index (κ3) is 3.17. The van der Waals surface area contributed by atoms with Gasteiger partial charge in [0, 0.05) is 11.0 Å². The molecule has 0 aromatic heterocycles. The van der Waals surface area contributed by atoms with Gasteiger partial charge in [-0.3, -0.25) is 4.79 Å². The zero-order valence-corrected chi connectivity index (χ0v) is 12.1. The van der Waals surface area contributed by atoms with Gasteiger partial charge in [0.05, 0.1) is 10.7 Å². The van der Waals surface area contributed by atoms with Crippen molar-refractivity contribution in [2.75, 3.05) is 5.32 Å². The number of allylic oxidation sites excluding steroid dienone is 1. The molecule has 1 N–H and O–H groups in total. The highest BCUT2D eigenvalue weighted by atomic mass is 32.2. The van der Waals surface area contributed by atoms with E-state index in [0.717, 1.165) is 27.9 Å². The Hall–Kier alpha value is -1.43. The number of halogens is 3. The number of carbonyl (C=O) groups excluding carboxylic acids is 1. The quantitative estimate of drug-likeness (QED) is 0.776. The van der Waals surface area contributed by atoms with E-state index in [-0.39, 0.29) is 10.4 Å². The van der Waals surface area contributed by atoms with Crippen LogP contribution >= 0.6 is 11.8 Å². The monoisotopic (exact) mass is 301 g/mol. The number of anilines is 1. The van der Waals surface area contributed by atoms with Crippen molar-refractivity contribution in [1.29, 1.82) is 0 Å². The fraction of sp³-hybridized carbons (Fsp3) is 0.357. The minimum atomic E-state index is -4.83. The Morgan fingerprint density at radius 3 is 2.45 bits per heavy atom. The molecule has 2 rings (SSSR count). The average molecular weight is 301 g/mol. The van der Waals surface area contributed by atoms with E-state index in [2.05, 4.69) is 26.1 Å². The summed E-state index contributed by atoms with van der Waals surface area (Å²) in [5.74, 6) is -1.85. The SMILES string of the molecule is CC(C)(C)c1ccc2c(c1)S/C(=C/C(=O)C(F)(F)F)N2. The minimum Gasteiger partial charge on any atom is -0.349 e. The van der Waals surface area contributed by atoms with Crippen LogP contribution in [0.2, 0.25) is 0 Å². The molecule has 0 aliphatic carbocycles. The van der Waals surface area contributed by atoms with Crippen molar-refractivity contribution >= 4 is 23.2 Å². The number of benzene rings is 1. The molecule has 0 saturated heterocycles. The first-order valence-electron chi connectivity index (χ1n) is 5.99. The second kappa shape index (κ2) is 4.84. The minimum absolute atomic E-state index is 0.0379. The van der Waals surface area contributed by atoms with Crippen molar-refractivity contribution < 1.29 is 18.0 Å². The van der Waals surface area contributed by atoms with Crippen LogP contribution in [0.4, 0.5) is 18.9 Å². The summed E-state index contributed by atoms with van der Waals surface area (Å²) >= 11 is 1.14. The molecule has 0 fully saturated rings. The molecule has 1 aromatic carbocycles. The topological polar surface area (TPSA) is 29.1 Å². The second-order valence-electron chi connectivity index (χ2n) is 5.56. The molecule has 1 aliphatic rings. The molecule has 0 radical (unpaired) electrons. The highest BCUT2D eigenvalue weighted by Crippen LogP contribution is 2.43. The first-order valence-corrected chi connectivity index (χ1v) is 6.81. The summed E-state index contributed by atoms with van der Waals surface area (Å²) in [4.78, 5) is 11.8. The summed E-state index contributed by atoms with van der Waals surface area (Å²) in [5.41, 5.74) is 1.78. The van der Waals surface area contributed by atoms with E-state index in [4.69, 9.17) is 0 Å². The molecule has 0 spiro atoms. The van der Waals surface area contributed by atoms with Crippen LogP contribution in [0.1, 0.15) is 26.3 Å². The van der Waals surface area contributed by atoms with Crippen molar-refractivity contribution in [2.45, 2.75) is 37.3 Å². The van der Waals surface area contributed by atoms with Crippen LogP contribution in [0.15, 0.2) is 34.2 Å². The van der Waals surface area contributed by atoms with Gasteiger partial charge in [0.1, 0.15) is 0 Å². The first-order chi connectivity index (χ1) is 9.07. The number of hydrogen-bond acceptors (Lipinski definition) is 3. The van der Waals surface area contributed by atoms with E-state index in [9.17, 15) is 18.0 Å². The Balaban J connectivity index is 2.24. The van der Waals surface area contributed by atoms with E-state index in [1.807, 2.05) is 18.2 Å². The van der Waals surface area contributed by atoms with E-state index >= 15 is 0 Å². The average Bonchev–Trinajstić information content (AvgIpc) is 2.67. The summed E-state index contributed by atoms with van der Waals surface area (Å²) in [6, 6.07) is 5.69. The lowest BCUT2D eigenvalue weighted by Gasteiger charge is -2.19. The molecular weight excluding hydrogens is 287 g/mol. The molecule has 0 bridgehead atoms. The van der Waals surface area contributed by atoms with Crippen LogP contribution in [-0.2, 0) is 10.2 Å². The van der Waals surface area contributed by atoms with E-state index < -0.39 is 12.0 Å². The fourth-order valence-electron chi connectivity index (χ4n) is 1.72. The Morgan fingerprint density at radius 2 is 1.90 bits per heavy atom. The maximum Gasteiger partial charge on any atom is 0.454 e. The molecule has 0 saturated carbocycles. The van der Waals surface area contributed by atoms with Gasteiger partial charge >= 0.3 is 6.18 Å². The van der Waals surface area contributed by atoms with Gasteiger partial charge in [-0.25, -0.2) is 0 Å². The van der Waals surface area contributed by atoms with E-state index in [1.165, 1.54) is 0 Å². The third-order valence-corrected chi connectivity index (χ3v) is 3.86. The smallest absolute Gasteiger partial charge is 0.349 e. The lowest BCUT2D eigenvalue weighted by molar-refractivity contribution is -0.165. The van der Waals surface area contributed by atoms with Crippen LogP contribution in [0.5, 0.6) is 0 Å². The molecule has 0 atom stereocenters. The molecule has 1 aliphatic heterocycles. The molecule has 1 aromatic rings. The number of rotatable bonds is 1. The van der Waals surface area contributed by atoms with Crippen molar-refractivity contribution in [1.82, 2.24) is 0 Å². The third-order valence-electron chi connectivity index (χ3n) is 2.87. The molecule has 108 valence electrons. The van der Waals surface area contributed by atoms with Crippen LogP contribution in [-0.4, -0.2) is 12.0 Å². The van der Waals surface area contributed by atoms with Crippen molar-refractivity contribution in [3.63, 3.8) is 0 Å². The van der Waals surface area contributed by atoms with Crippen molar-refractivity contribution in [2.24, 2.45) is 0 Å². The van der Waals surface area contributed by atoms with E-state index in [0.29, 0.717) is 6.08 Å². The zero-order valence-electron chi connectivity index (χ0n) is 11.3. The molecule has 6 heteroatoms. The largest absolute Gasteiger partial charge is 0.454 e. The molecular formula is C14H14F3NOS. The number of thioether (sulfide) groups is 1. The molecule has 1 heterocycles. The second-order valence-corrected chi connectivity index (χ2v) is 6.64. The molecule has 2 nitrogen and oxygen atoms in total. The van der Waals surface area contributed by atoms with Crippen LogP contribution < -0.4 is 5.32 Å². The maximum atomic E-state index is 12.2. The summed E-state index contributed by atoms with van der Waals surface area (Å²) in [6.45, 7) is 6.18. The summed E-state index contributed by atoms with van der Waals surface area (Å²) in [6.07, 6.45) is -4.23. The Kier molecular flexibility index (Phi) is 3.62. The first kappa shape index (κ1) is 15.0. The Labute approximate surface area is 119 Å². The lowest BCUT2D eigenvalue weighted by Crippen LogP contribution is -2.20. The summed E-state index contributed by atoms with van der Waals surface area (Å²) in [5, 5.41) is 3.02. The predicted octanol–water partition coefficient (Wildman–Crippen LogP) is 4.47.